The lowest BCUT2D eigenvalue weighted by molar-refractivity contribution is 0.415. The Morgan fingerprint density at radius 3 is 1.80 bits per heavy atom. The Morgan fingerprint density at radius 2 is 1.30 bits per heavy atom. The summed E-state index contributed by atoms with van der Waals surface area (Å²) in [6.45, 7) is 0. The monoisotopic (exact) mass is 139 g/mol. The van der Waals surface area contributed by atoms with Crippen molar-refractivity contribution in [1.29, 1.82) is 0 Å². The quantitative estimate of drug-likeness (QED) is 0.498. The topological polar surface area (TPSA) is 26.0 Å². The van der Waals surface area contributed by atoms with Gasteiger partial charge in [-0.2, -0.15) is 0 Å². The van der Waals surface area contributed by atoms with E-state index in [1.165, 1.54) is 44.9 Å². The third-order valence-corrected chi connectivity index (χ3v) is 2.50. The molecule has 0 saturated heterocycles. The van der Waals surface area contributed by atoms with Crippen LogP contribution in [0.25, 0.3) is 0 Å². The van der Waals surface area contributed by atoms with Crippen molar-refractivity contribution in [3.63, 3.8) is 0 Å². The Kier molecular flexibility index (Phi) is 2.78. The van der Waals surface area contributed by atoms with Crippen molar-refractivity contribution >= 4 is 7.85 Å². The molecule has 0 atom stereocenters. The van der Waals surface area contributed by atoms with Crippen molar-refractivity contribution in [3.8, 4) is 0 Å². The second-order valence-corrected chi connectivity index (χ2v) is 3.92. The molecule has 0 aromatic heterocycles. The zero-order valence-electron chi connectivity index (χ0n) is 7.03. The second-order valence-electron chi connectivity index (χ2n) is 3.92. The van der Waals surface area contributed by atoms with Crippen LogP contribution >= 0.6 is 0 Å². The van der Waals surface area contributed by atoms with Crippen LogP contribution < -0.4 is 5.73 Å². The summed E-state index contributed by atoms with van der Waals surface area (Å²) in [5, 5.41) is 0. The molecule has 0 amide bonds. The van der Waals surface area contributed by atoms with Crippen molar-refractivity contribution in [3.05, 3.63) is 0 Å². The van der Waals surface area contributed by atoms with Crippen LogP contribution in [0.5, 0.6) is 0 Å². The minimum Gasteiger partial charge on any atom is -0.332 e. The molecule has 0 bridgehead atoms. The van der Waals surface area contributed by atoms with E-state index in [0.717, 1.165) is 0 Å². The predicted octanol–water partition coefficient (Wildman–Crippen LogP) is 1.02. The van der Waals surface area contributed by atoms with E-state index in [1.54, 1.807) is 0 Å². The lowest BCUT2D eigenvalue weighted by Crippen LogP contribution is -2.40. The summed E-state index contributed by atoms with van der Waals surface area (Å²) < 4.78 is 0. The molecule has 0 aromatic carbocycles. The van der Waals surface area contributed by atoms with E-state index in [1.807, 2.05) is 0 Å². The predicted molar refractivity (Wildman–Crippen MR) is 47.8 cm³/mol. The first-order valence-corrected chi connectivity index (χ1v) is 4.50. The summed E-state index contributed by atoms with van der Waals surface area (Å²) >= 11 is 0. The zero-order valence-corrected chi connectivity index (χ0v) is 7.03. The fraction of sp³-hybridized carbons (Fsp3) is 1.00. The van der Waals surface area contributed by atoms with Crippen LogP contribution in [0.15, 0.2) is 0 Å². The standard InChI is InChI=1S/C8H18BN/c9-8(10)6-4-2-1-3-5-7-8/h1-7,9-10H2. The average Bonchev–Trinajstić information content (AvgIpc) is 1.81. The molecule has 0 heterocycles. The van der Waals surface area contributed by atoms with Crippen molar-refractivity contribution in [2.75, 3.05) is 0 Å². The molecule has 0 aliphatic heterocycles. The maximum atomic E-state index is 6.05. The van der Waals surface area contributed by atoms with Crippen LogP contribution in [-0.2, 0) is 0 Å². The van der Waals surface area contributed by atoms with Gasteiger partial charge in [0.05, 0.1) is 0 Å². The molecule has 10 heavy (non-hydrogen) atoms. The Bertz CT molecular complexity index is 91.4. The largest absolute Gasteiger partial charge is 0.332 e. The molecule has 2 heteroatoms. The lowest BCUT2D eigenvalue weighted by Gasteiger charge is -2.26. The van der Waals surface area contributed by atoms with E-state index in [-0.39, 0.29) is 5.44 Å². The van der Waals surface area contributed by atoms with Crippen LogP contribution in [0.4, 0.5) is 0 Å². The van der Waals surface area contributed by atoms with Crippen LogP contribution in [-0.4, -0.2) is 13.3 Å². The van der Waals surface area contributed by atoms with E-state index >= 15 is 0 Å². The van der Waals surface area contributed by atoms with Crippen LogP contribution in [0.1, 0.15) is 44.9 Å². The highest BCUT2D eigenvalue weighted by Gasteiger charge is 2.18. The van der Waals surface area contributed by atoms with Gasteiger partial charge in [0.1, 0.15) is 7.85 Å². The molecule has 1 saturated carbocycles. The minimum absolute atomic E-state index is 0.153. The summed E-state index contributed by atoms with van der Waals surface area (Å²) in [5.41, 5.74) is 6.20. The molecule has 0 spiro atoms. The summed E-state index contributed by atoms with van der Waals surface area (Å²) in [6, 6.07) is 0. The van der Waals surface area contributed by atoms with E-state index in [0.29, 0.717) is 0 Å². The van der Waals surface area contributed by atoms with Gasteiger partial charge in [-0.25, -0.2) is 0 Å². The van der Waals surface area contributed by atoms with Gasteiger partial charge < -0.3 is 5.73 Å². The van der Waals surface area contributed by atoms with Crippen LogP contribution in [0.2, 0.25) is 0 Å². The molecule has 58 valence electrons. The molecule has 1 nitrogen and oxygen atoms in total. The van der Waals surface area contributed by atoms with Crippen molar-refractivity contribution in [1.82, 2.24) is 0 Å². The molecule has 1 aliphatic rings. The van der Waals surface area contributed by atoms with Gasteiger partial charge in [0.15, 0.2) is 0 Å². The molecule has 0 aromatic rings. The molecule has 1 aliphatic carbocycles. The normalized spacial score (nSPS) is 26.9. The maximum absolute atomic E-state index is 6.05. The maximum Gasteiger partial charge on any atom is 0.127 e. The smallest absolute Gasteiger partial charge is 0.127 e. The number of nitrogens with two attached hydrogens (primary N) is 1. The van der Waals surface area contributed by atoms with Gasteiger partial charge in [0.25, 0.3) is 0 Å². The molecule has 2 N–H and O–H groups in total. The third-order valence-electron chi connectivity index (χ3n) is 2.50. The Labute approximate surface area is 64.8 Å². The van der Waals surface area contributed by atoms with E-state index < -0.39 is 0 Å². The van der Waals surface area contributed by atoms with Crippen LogP contribution in [0, 0.1) is 0 Å². The van der Waals surface area contributed by atoms with Gasteiger partial charge >= 0.3 is 0 Å². The van der Waals surface area contributed by atoms with Gasteiger partial charge in [0, 0.05) is 0 Å². The van der Waals surface area contributed by atoms with E-state index in [9.17, 15) is 0 Å². The summed E-state index contributed by atoms with van der Waals surface area (Å²) in [4.78, 5) is 0. The van der Waals surface area contributed by atoms with Gasteiger partial charge in [0.2, 0.25) is 0 Å². The first kappa shape index (κ1) is 8.12. The van der Waals surface area contributed by atoms with E-state index in [2.05, 4.69) is 7.85 Å². The highest BCUT2D eigenvalue weighted by Crippen LogP contribution is 2.21. The number of rotatable bonds is 0. The SMILES string of the molecule is BC1(N)CCCCCCC1. The summed E-state index contributed by atoms with van der Waals surface area (Å²) in [6.07, 6.45) is 9.36. The van der Waals surface area contributed by atoms with E-state index in [4.69, 9.17) is 5.73 Å². The highest BCUT2D eigenvalue weighted by molar-refractivity contribution is 6.15. The Hall–Kier alpha value is 0.0249. The summed E-state index contributed by atoms with van der Waals surface area (Å²) in [7, 11) is 2.19. The average molecular weight is 139 g/mol. The molecule has 1 rings (SSSR count). The highest BCUT2D eigenvalue weighted by atomic mass is 14.7. The summed E-state index contributed by atoms with van der Waals surface area (Å²) in [5.74, 6) is 0. The third kappa shape index (κ3) is 2.74. The van der Waals surface area contributed by atoms with Gasteiger partial charge in [-0.05, 0) is 18.3 Å². The number of hydrogen-bond donors (Lipinski definition) is 1. The fourth-order valence-electron chi connectivity index (χ4n) is 1.71. The molecule has 0 unspecified atom stereocenters. The Balaban J connectivity index is 2.30. The van der Waals surface area contributed by atoms with Crippen molar-refractivity contribution < 1.29 is 0 Å². The zero-order chi connectivity index (χ0) is 7.45. The van der Waals surface area contributed by atoms with Gasteiger partial charge in [-0.3, -0.25) is 0 Å². The molecule has 1 fully saturated rings. The number of hydrogen-bond acceptors (Lipinski definition) is 1. The van der Waals surface area contributed by atoms with Crippen molar-refractivity contribution in [2.24, 2.45) is 5.73 Å². The minimum atomic E-state index is 0.153. The van der Waals surface area contributed by atoms with Gasteiger partial charge in [-0.1, -0.05) is 32.1 Å². The fourth-order valence-corrected chi connectivity index (χ4v) is 1.71. The van der Waals surface area contributed by atoms with Gasteiger partial charge in [-0.15, -0.1) is 0 Å². The first-order chi connectivity index (χ1) is 4.71. The molecular weight excluding hydrogens is 121 g/mol. The lowest BCUT2D eigenvalue weighted by atomic mass is 9.70. The molecular formula is C8H18BN. The van der Waals surface area contributed by atoms with Crippen molar-refractivity contribution in [2.45, 2.75) is 50.4 Å². The molecule has 0 radical (unpaired) electrons. The second kappa shape index (κ2) is 3.43. The van der Waals surface area contributed by atoms with Crippen LogP contribution in [0.3, 0.4) is 0 Å². The Morgan fingerprint density at radius 1 is 0.900 bits per heavy atom. The first-order valence-electron chi connectivity index (χ1n) is 4.50.